The monoisotopic (exact) mass is 184 g/mol. The second-order valence-corrected chi connectivity index (χ2v) is 4.08. The SMILES string of the molecule is CC1CCCC12NC(=S)NC2=O. The molecule has 66 valence electrons. The fraction of sp³-hybridized carbons (Fsp3) is 0.750. The van der Waals surface area contributed by atoms with Crippen molar-refractivity contribution >= 4 is 23.2 Å². The van der Waals surface area contributed by atoms with Gasteiger partial charge in [0.1, 0.15) is 5.54 Å². The van der Waals surface area contributed by atoms with Crippen LogP contribution in [-0.2, 0) is 4.79 Å². The van der Waals surface area contributed by atoms with Gasteiger partial charge in [-0.05, 0) is 31.0 Å². The molecule has 2 aliphatic rings. The average molecular weight is 184 g/mol. The van der Waals surface area contributed by atoms with Gasteiger partial charge < -0.3 is 10.6 Å². The van der Waals surface area contributed by atoms with Crippen molar-refractivity contribution < 1.29 is 4.79 Å². The third-order valence-corrected chi connectivity index (χ3v) is 3.22. The van der Waals surface area contributed by atoms with Crippen molar-refractivity contribution in [1.82, 2.24) is 10.6 Å². The Kier molecular flexibility index (Phi) is 1.61. The normalized spacial score (nSPS) is 40.2. The van der Waals surface area contributed by atoms with Gasteiger partial charge >= 0.3 is 0 Å². The van der Waals surface area contributed by atoms with Crippen LogP contribution in [0.25, 0.3) is 0 Å². The van der Waals surface area contributed by atoms with E-state index in [2.05, 4.69) is 17.6 Å². The number of thiocarbonyl (C=S) groups is 1. The molecule has 1 saturated carbocycles. The Hall–Kier alpha value is -0.640. The maximum atomic E-state index is 11.6. The first-order valence-electron chi connectivity index (χ1n) is 4.29. The molecule has 2 atom stereocenters. The lowest BCUT2D eigenvalue weighted by molar-refractivity contribution is -0.124. The molecular weight excluding hydrogens is 172 g/mol. The first kappa shape index (κ1) is 7.98. The molecule has 1 aliphatic carbocycles. The Morgan fingerprint density at radius 3 is 2.83 bits per heavy atom. The minimum atomic E-state index is -0.364. The van der Waals surface area contributed by atoms with Gasteiger partial charge in [-0.2, -0.15) is 0 Å². The van der Waals surface area contributed by atoms with Crippen LogP contribution in [0.3, 0.4) is 0 Å². The molecule has 2 fully saturated rings. The summed E-state index contributed by atoms with van der Waals surface area (Å²) in [6.45, 7) is 2.10. The lowest BCUT2D eigenvalue weighted by atomic mass is 9.89. The number of hydrogen-bond donors (Lipinski definition) is 2. The zero-order chi connectivity index (χ0) is 8.77. The third-order valence-electron chi connectivity index (χ3n) is 3.02. The van der Waals surface area contributed by atoms with Gasteiger partial charge in [0.2, 0.25) is 0 Å². The first-order valence-corrected chi connectivity index (χ1v) is 4.69. The summed E-state index contributed by atoms with van der Waals surface area (Å²) in [6.07, 6.45) is 3.15. The first-order chi connectivity index (χ1) is 5.65. The Morgan fingerprint density at radius 2 is 2.42 bits per heavy atom. The van der Waals surface area contributed by atoms with Crippen molar-refractivity contribution in [3.63, 3.8) is 0 Å². The standard InChI is InChI=1S/C8H12N2OS/c1-5-3-2-4-8(5)6(11)9-7(12)10-8/h5H,2-4H2,1H3,(H2,9,10,11,12). The molecule has 2 unspecified atom stereocenters. The maximum Gasteiger partial charge on any atom is 0.252 e. The lowest BCUT2D eigenvalue weighted by Crippen LogP contribution is -2.48. The number of nitrogens with one attached hydrogen (secondary N) is 2. The molecule has 0 bridgehead atoms. The van der Waals surface area contributed by atoms with Crippen molar-refractivity contribution in [3.8, 4) is 0 Å². The minimum Gasteiger partial charge on any atom is -0.348 e. The Morgan fingerprint density at radius 1 is 1.67 bits per heavy atom. The quantitative estimate of drug-likeness (QED) is 0.540. The molecule has 1 aliphatic heterocycles. The van der Waals surface area contributed by atoms with E-state index in [-0.39, 0.29) is 11.4 Å². The van der Waals surface area contributed by atoms with E-state index in [4.69, 9.17) is 12.2 Å². The predicted octanol–water partition coefficient (Wildman–Crippen LogP) is 0.549. The molecule has 1 spiro atoms. The van der Waals surface area contributed by atoms with E-state index in [9.17, 15) is 4.79 Å². The van der Waals surface area contributed by atoms with Crippen LogP contribution in [0, 0.1) is 5.92 Å². The van der Waals surface area contributed by atoms with E-state index in [1.54, 1.807) is 0 Å². The lowest BCUT2D eigenvalue weighted by Gasteiger charge is -2.25. The second-order valence-electron chi connectivity index (χ2n) is 3.67. The van der Waals surface area contributed by atoms with Crippen molar-refractivity contribution in [2.45, 2.75) is 31.7 Å². The van der Waals surface area contributed by atoms with Crippen LogP contribution in [0.15, 0.2) is 0 Å². The molecule has 3 nitrogen and oxygen atoms in total. The topological polar surface area (TPSA) is 41.1 Å². The number of hydrogen-bond acceptors (Lipinski definition) is 2. The molecule has 0 radical (unpaired) electrons. The second kappa shape index (κ2) is 2.42. The molecule has 4 heteroatoms. The summed E-state index contributed by atoms with van der Waals surface area (Å²) >= 11 is 4.92. The molecule has 0 aromatic heterocycles. The van der Waals surface area contributed by atoms with Gasteiger partial charge in [-0.25, -0.2) is 0 Å². The summed E-state index contributed by atoms with van der Waals surface area (Å²) in [7, 11) is 0. The van der Waals surface area contributed by atoms with Crippen LogP contribution in [0.4, 0.5) is 0 Å². The van der Waals surface area contributed by atoms with Gasteiger partial charge in [-0.1, -0.05) is 13.3 Å². The molecule has 1 amide bonds. The molecule has 1 heterocycles. The van der Waals surface area contributed by atoms with Crippen LogP contribution >= 0.6 is 12.2 Å². The van der Waals surface area contributed by atoms with Crippen molar-refractivity contribution in [2.75, 3.05) is 0 Å². The molecule has 2 rings (SSSR count). The molecule has 1 saturated heterocycles. The number of carbonyl (C=O) groups excluding carboxylic acids is 1. The number of amides is 1. The minimum absolute atomic E-state index is 0.0671. The Labute approximate surface area is 76.9 Å². The average Bonchev–Trinajstić information content (AvgIpc) is 2.44. The van der Waals surface area contributed by atoms with Gasteiger partial charge in [-0.15, -0.1) is 0 Å². The van der Waals surface area contributed by atoms with Crippen LogP contribution in [0.2, 0.25) is 0 Å². The van der Waals surface area contributed by atoms with Crippen LogP contribution in [0.1, 0.15) is 26.2 Å². The van der Waals surface area contributed by atoms with Gasteiger partial charge in [0, 0.05) is 0 Å². The Bertz CT molecular complexity index is 253. The van der Waals surface area contributed by atoms with Crippen LogP contribution < -0.4 is 10.6 Å². The zero-order valence-electron chi connectivity index (χ0n) is 7.02. The molecular formula is C8H12N2OS. The molecule has 0 aromatic carbocycles. The highest BCUT2D eigenvalue weighted by molar-refractivity contribution is 7.80. The largest absolute Gasteiger partial charge is 0.348 e. The van der Waals surface area contributed by atoms with Crippen molar-refractivity contribution in [1.29, 1.82) is 0 Å². The molecule has 12 heavy (non-hydrogen) atoms. The summed E-state index contributed by atoms with van der Waals surface area (Å²) in [4.78, 5) is 11.6. The summed E-state index contributed by atoms with van der Waals surface area (Å²) < 4.78 is 0. The van der Waals surface area contributed by atoms with Crippen LogP contribution in [-0.4, -0.2) is 16.6 Å². The third kappa shape index (κ3) is 0.874. The fourth-order valence-corrected chi connectivity index (χ4v) is 2.48. The van der Waals surface area contributed by atoms with Crippen LogP contribution in [0.5, 0.6) is 0 Å². The summed E-state index contributed by atoms with van der Waals surface area (Å²) in [6, 6.07) is 0. The van der Waals surface area contributed by atoms with Crippen molar-refractivity contribution in [3.05, 3.63) is 0 Å². The highest BCUT2D eigenvalue weighted by Crippen LogP contribution is 2.37. The van der Waals surface area contributed by atoms with E-state index >= 15 is 0 Å². The van der Waals surface area contributed by atoms with E-state index in [0.29, 0.717) is 11.0 Å². The fourth-order valence-electron chi connectivity index (χ4n) is 2.21. The molecule has 2 N–H and O–H groups in total. The van der Waals surface area contributed by atoms with E-state index in [1.807, 2.05) is 0 Å². The zero-order valence-corrected chi connectivity index (χ0v) is 7.83. The predicted molar refractivity (Wildman–Crippen MR) is 49.6 cm³/mol. The summed E-state index contributed by atoms with van der Waals surface area (Å²) in [5.41, 5.74) is -0.364. The maximum absolute atomic E-state index is 11.6. The Balaban J connectivity index is 2.31. The summed E-state index contributed by atoms with van der Waals surface area (Å²) in [5, 5.41) is 6.26. The van der Waals surface area contributed by atoms with E-state index in [0.717, 1.165) is 19.3 Å². The highest BCUT2D eigenvalue weighted by atomic mass is 32.1. The molecule has 0 aromatic rings. The summed E-state index contributed by atoms with van der Waals surface area (Å²) in [5.74, 6) is 0.468. The van der Waals surface area contributed by atoms with Gasteiger partial charge in [-0.3, -0.25) is 4.79 Å². The van der Waals surface area contributed by atoms with Gasteiger partial charge in [0.05, 0.1) is 0 Å². The van der Waals surface area contributed by atoms with Gasteiger partial charge in [0.15, 0.2) is 5.11 Å². The van der Waals surface area contributed by atoms with E-state index < -0.39 is 0 Å². The highest BCUT2D eigenvalue weighted by Gasteiger charge is 2.51. The van der Waals surface area contributed by atoms with Gasteiger partial charge in [0.25, 0.3) is 5.91 Å². The number of rotatable bonds is 0. The van der Waals surface area contributed by atoms with E-state index in [1.165, 1.54) is 0 Å². The smallest absolute Gasteiger partial charge is 0.252 e. The number of carbonyl (C=O) groups is 1. The van der Waals surface area contributed by atoms with Crippen molar-refractivity contribution in [2.24, 2.45) is 5.92 Å².